The number of aromatic nitrogens is 1. The number of hydrazine groups is 1. The highest BCUT2D eigenvalue weighted by Crippen LogP contribution is 2.07. The first kappa shape index (κ1) is 15.1. The van der Waals surface area contributed by atoms with Crippen molar-refractivity contribution >= 4 is 5.91 Å². The predicted octanol–water partition coefficient (Wildman–Crippen LogP) is -0.360. The zero-order valence-corrected chi connectivity index (χ0v) is 10.8. The zero-order valence-electron chi connectivity index (χ0n) is 10.8. The maximum Gasteiger partial charge on any atom is 0.287 e. The Hall–Kier alpha value is -1.95. The number of nitrogen functional groups attached to an aromatic ring is 1. The number of hydrogen-bond acceptors (Lipinski definition) is 7. The molecule has 1 aromatic rings. The van der Waals surface area contributed by atoms with E-state index in [9.17, 15) is 4.79 Å². The molecule has 1 amide bonds. The quantitative estimate of drug-likeness (QED) is 0.375. The predicted molar refractivity (Wildman–Crippen MR) is 65.5 cm³/mol. The Labute approximate surface area is 111 Å². The lowest BCUT2D eigenvalue weighted by molar-refractivity contribution is 0.0944. The van der Waals surface area contributed by atoms with Crippen molar-refractivity contribution in [3.63, 3.8) is 0 Å². The summed E-state index contributed by atoms with van der Waals surface area (Å²) in [4.78, 5) is 13.2. The fourth-order valence-corrected chi connectivity index (χ4v) is 1.49. The van der Waals surface area contributed by atoms with E-state index < -0.39 is 5.91 Å². The topological polar surface area (TPSA) is 117 Å². The molecule has 3 N–H and O–H groups in total. The fraction of sp³-hybridized carbons (Fsp3) is 0.545. The number of nitriles is 1. The minimum atomic E-state index is -0.504. The molecule has 1 aromatic heterocycles. The van der Waals surface area contributed by atoms with Gasteiger partial charge in [0.2, 0.25) is 0 Å². The largest absolute Gasteiger partial charge is 0.383 e. The zero-order chi connectivity index (χ0) is 14.1. The Balaban J connectivity index is 2.59. The third-order valence-electron chi connectivity index (χ3n) is 2.45. The number of nitrogens with zero attached hydrogens (tertiary/aromatic N) is 3. The molecule has 19 heavy (non-hydrogen) atoms. The summed E-state index contributed by atoms with van der Waals surface area (Å²) in [6, 6.07) is 3.61. The van der Waals surface area contributed by atoms with Gasteiger partial charge in [0.05, 0.1) is 19.2 Å². The number of methoxy groups -OCH3 is 1. The molecule has 1 heterocycles. The van der Waals surface area contributed by atoms with Crippen molar-refractivity contribution in [3.05, 3.63) is 17.5 Å². The van der Waals surface area contributed by atoms with E-state index in [1.165, 1.54) is 6.07 Å². The second kappa shape index (κ2) is 8.20. The van der Waals surface area contributed by atoms with Gasteiger partial charge in [-0.1, -0.05) is 5.16 Å². The van der Waals surface area contributed by atoms with E-state index in [1.807, 2.05) is 10.3 Å². The molecule has 0 atom stereocenters. The van der Waals surface area contributed by atoms with Crippen LogP contribution in [0.15, 0.2) is 10.6 Å². The van der Waals surface area contributed by atoms with Gasteiger partial charge < -0.3 is 9.26 Å². The number of hydrogen-bond donors (Lipinski definition) is 2. The Morgan fingerprint density at radius 3 is 3.11 bits per heavy atom. The molecule has 0 aliphatic carbocycles. The van der Waals surface area contributed by atoms with E-state index in [0.29, 0.717) is 38.4 Å². The Kier molecular flexibility index (Phi) is 6.52. The smallest absolute Gasteiger partial charge is 0.287 e. The van der Waals surface area contributed by atoms with Gasteiger partial charge in [0.15, 0.2) is 11.5 Å². The molecule has 0 aromatic carbocycles. The van der Waals surface area contributed by atoms with Gasteiger partial charge in [-0.05, 0) is 0 Å². The minimum absolute atomic E-state index is 0.129. The van der Waals surface area contributed by atoms with Crippen molar-refractivity contribution in [3.8, 4) is 6.07 Å². The van der Waals surface area contributed by atoms with Crippen LogP contribution in [0.5, 0.6) is 0 Å². The third kappa shape index (κ3) is 5.05. The number of carbonyl (C=O) groups excluding carboxylic acids is 1. The fourth-order valence-electron chi connectivity index (χ4n) is 1.49. The van der Waals surface area contributed by atoms with Crippen LogP contribution in [-0.2, 0) is 11.3 Å². The average molecular weight is 267 g/mol. The molecule has 8 heteroatoms. The van der Waals surface area contributed by atoms with Crippen LogP contribution < -0.4 is 11.3 Å². The van der Waals surface area contributed by atoms with E-state index in [0.717, 1.165) is 0 Å². The standard InChI is InChI=1S/C11H17N5O3/c1-18-6-5-16(4-2-3-12)8-9-7-10(15-19-9)11(17)14-13/h7H,2,4-6,8,13H2,1H3,(H,14,17). The molecule has 0 saturated heterocycles. The maximum atomic E-state index is 11.2. The highest BCUT2D eigenvalue weighted by molar-refractivity contribution is 5.91. The SMILES string of the molecule is COCCN(CCC#N)Cc1cc(C(=O)NN)no1. The molecular formula is C11H17N5O3. The first-order valence-electron chi connectivity index (χ1n) is 5.76. The summed E-state index contributed by atoms with van der Waals surface area (Å²) in [5, 5.41) is 12.2. The molecule has 1 rings (SSSR count). The minimum Gasteiger partial charge on any atom is -0.383 e. The van der Waals surface area contributed by atoms with Crippen LogP contribution in [0.25, 0.3) is 0 Å². The second-order valence-corrected chi connectivity index (χ2v) is 3.83. The lowest BCUT2D eigenvalue weighted by atomic mass is 10.3. The molecule has 0 aliphatic rings. The monoisotopic (exact) mass is 267 g/mol. The first-order valence-corrected chi connectivity index (χ1v) is 5.76. The summed E-state index contributed by atoms with van der Waals surface area (Å²) in [6.45, 7) is 2.27. The molecule has 104 valence electrons. The van der Waals surface area contributed by atoms with Crippen molar-refractivity contribution in [1.82, 2.24) is 15.5 Å². The van der Waals surface area contributed by atoms with Crippen LogP contribution in [0.3, 0.4) is 0 Å². The number of rotatable bonds is 8. The van der Waals surface area contributed by atoms with Crippen LogP contribution in [0.1, 0.15) is 22.7 Å². The van der Waals surface area contributed by atoms with Crippen LogP contribution in [0.2, 0.25) is 0 Å². The van der Waals surface area contributed by atoms with Crippen LogP contribution in [0.4, 0.5) is 0 Å². The van der Waals surface area contributed by atoms with Crippen molar-refractivity contribution in [2.24, 2.45) is 5.84 Å². The molecule has 0 spiro atoms. The maximum absolute atomic E-state index is 11.2. The van der Waals surface area contributed by atoms with E-state index in [1.54, 1.807) is 7.11 Å². The van der Waals surface area contributed by atoms with Crippen molar-refractivity contribution in [2.75, 3.05) is 26.8 Å². The van der Waals surface area contributed by atoms with Crippen LogP contribution in [0, 0.1) is 11.3 Å². The average Bonchev–Trinajstić information content (AvgIpc) is 2.89. The Bertz CT molecular complexity index is 440. The second-order valence-electron chi connectivity index (χ2n) is 3.83. The van der Waals surface area contributed by atoms with Gasteiger partial charge in [-0.15, -0.1) is 0 Å². The molecule has 8 nitrogen and oxygen atoms in total. The van der Waals surface area contributed by atoms with Crippen molar-refractivity contribution in [1.29, 1.82) is 5.26 Å². The molecule has 0 saturated carbocycles. The van der Waals surface area contributed by atoms with E-state index >= 15 is 0 Å². The molecule has 0 fully saturated rings. The molecule has 0 unspecified atom stereocenters. The number of amides is 1. The van der Waals surface area contributed by atoms with E-state index in [4.69, 9.17) is 20.4 Å². The molecule has 0 bridgehead atoms. The summed E-state index contributed by atoms with van der Waals surface area (Å²) >= 11 is 0. The number of carbonyl (C=O) groups is 1. The molecule has 0 radical (unpaired) electrons. The number of nitrogens with two attached hydrogens (primary N) is 1. The van der Waals surface area contributed by atoms with Crippen LogP contribution >= 0.6 is 0 Å². The van der Waals surface area contributed by atoms with E-state index in [-0.39, 0.29) is 5.69 Å². The van der Waals surface area contributed by atoms with Crippen LogP contribution in [-0.4, -0.2) is 42.8 Å². The lowest BCUT2D eigenvalue weighted by Gasteiger charge is -2.18. The first-order chi connectivity index (χ1) is 9.21. The highest BCUT2D eigenvalue weighted by Gasteiger charge is 2.14. The van der Waals surface area contributed by atoms with Gasteiger partial charge in [-0.3, -0.25) is 15.1 Å². The summed E-state index contributed by atoms with van der Waals surface area (Å²) in [5.74, 6) is 5.03. The highest BCUT2D eigenvalue weighted by atomic mass is 16.5. The Morgan fingerprint density at radius 2 is 2.47 bits per heavy atom. The lowest BCUT2D eigenvalue weighted by Crippen LogP contribution is -2.30. The molecular weight excluding hydrogens is 250 g/mol. The molecule has 0 aliphatic heterocycles. The summed E-state index contributed by atoms with van der Waals surface area (Å²) in [5.41, 5.74) is 2.11. The van der Waals surface area contributed by atoms with E-state index in [2.05, 4.69) is 11.2 Å². The number of ether oxygens (including phenoxy) is 1. The van der Waals surface area contributed by atoms with Crippen molar-refractivity contribution in [2.45, 2.75) is 13.0 Å². The third-order valence-corrected chi connectivity index (χ3v) is 2.45. The Morgan fingerprint density at radius 1 is 1.68 bits per heavy atom. The van der Waals surface area contributed by atoms with Gasteiger partial charge in [-0.2, -0.15) is 5.26 Å². The van der Waals surface area contributed by atoms with Gasteiger partial charge in [0, 0.05) is 32.7 Å². The number of nitrogens with one attached hydrogen (secondary N) is 1. The summed E-state index contributed by atoms with van der Waals surface area (Å²) < 4.78 is 10.0. The van der Waals surface area contributed by atoms with Gasteiger partial charge >= 0.3 is 0 Å². The normalized spacial score (nSPS) is 10.4. The van der Waals surface area contributed by atoms with Crippen molar-refractivity contribution < 1.29 is 14.1 Å². The van der Waals surface area contributed by atoms with Gasteiger partial charge in [0.1, 0.15) is 0 Å². The summed E-state index contributed by atoms with van der Waals surface area (Å²) in [6.07, 6.45) is 0.411. The van der Waals surface area contributed by atoms with Gasteiger partial charge in [0.25, 0.3) is 5.91 Å². The summed E-state index contributed by atoms with van der Waals surface area (Å²) in [7, 11) is 1.61. The van der Waals surface area contributed by atoms with Gasteiger partial charge in [-0.25, -0.2) is 5.84 Å².